The zero-order chi connectivity index (χ0) is 18.2. The van der Waals surface area contributed by atoms with Crippen LogP contribution >= 0.6 is 22.6 Å². The molecule has 0 bridgehead atoms. The molecule has 132 valence electrons. The molecule has 1 N–H and O–H groups in total. The van der Waals surface area contributed by atoms with Gasteiger partial charge in [-0.15, -0.1) is 0 Å². The summed E-state index contributed by atoms with van der Waals surface area (Å²) in [5.41, 5.74) is 4.07. The third-order valence-electron chi connectivity index (χ3n) is 3.35. The Bertz CT molecular complexity index is 760. The SMILES string of the molecule is COc1ccc(/C(C)=N\NC(=O)COc2ccc(OC)cc2I)cc1. The summed E-state index contributed by atoms with van der Waals surface area (Å²) in [6, 6.07) is 12.8. The highest BCUT2D eigenvalue weighted by molar-refractivity contribution is 14.1. The van der Waals surface area contributed by atoms with E-state index in [1.807, 2.05) is 37.3 Å². The monoisotopic (exact) mass is 454 g/mol. The van der Waals surface area contributed by atoms with E-state index in [-0.39, 0.29) is 12.5 Å². The van der Waals surface area contributed by atoms with Gasteiger partial charge in [0.1, 0.15) is 17.2 Å². The van der Waals surface area contributed by atoms with E-state index in [0.29, 0.717) is 11.5 Å². The number of amides is 1. The lowest BCUT2D eigenvalue weighted by Crippen LogP contribution is -2.25. The number of carbonyl (C=O) groups excluding carboxylic acids is 1. The number of benzene rings is 2. The summed E-state index contributed by atoms with van der Waals surface area (Å²) in [5.74, 6) is 1.79. The van der Waals surface area contributed by atoms with Crippen molar-refractivity contribution in [3.8, 4) is 17.2 Å². The van der Waals surface area contributed by atoms with Gasteiger partial charge >= 0.3 is 0 Å². The van der Waals surface area contributed by atoms with Crippen LogP contribution in [0.1, 0.15) is 12.5 Å². The van der Waals surface area contributed by atoms with Crippen molar-refractivity contribution in [3.63, 3.8) is 0 Å². The molecule has 2 aromatic rings. The maximum Gasteiger partial charge on any atom is 0.277 e. The van der Waals surface area contributed by atoms with Crippen molar-refractivity contribution >= 4 is 34.2 Å². The zero-order valence-corrected chi connectivity index (χ0v) is 16.4. The molecule has 0 fully saturated rings. The lowest BCUT2D eigenvalue weighted by molar-refractivity contribution is -0.123. The molecule has 0 atom stereocenters. The van der Waals surface area contributed by atoms with Crippen LogP contribution in [0, 0.1) is 3.57 Å². The highest BCUT2D eigenvalue weighted by Crippen LogP contribution is 2.25. The van der Waals surface area contributed by atoms with Gasteiger partial charge in [0.15, 0.2) is 6.61 Å². The van der Waals surface area contributed by atoms with Crippen LogP contribution in [0.4, 0.5) is 0 Å². The van der Waals surface area contributed by atoms with E-state index in [1.54, 1.807) is 26.4 Å². The summed E-state index contributed by atoms with van der Waals surface area (Å²) in [6.45, 7) is 1.69. The van der Waals surface area contributed by atoms with Crippen LogP contribution in [0.15, 0.2) is 47.6 Å². The Morgan fingerprint density at radius 3 is 2.32 bits per heavy atom. The van der Waals surface area contributed by atoms with Gasteiger partial charge in [-0.25, -0.2) is 5.43 Å². The maximum atomic E-state index is 11.9. The molecule has 0 spiro atoms. The Hall–Kier alpha value is -2.29. The minimum Gasteiger partial charge on any atom is -0.497 e. The average Bonchev–Trinajstić information content (AvgIpc) is 2.65. The largest absolute Gasteiger partial charge is 0.497 e. The molecule has 0 aromatic heterocycles. The fraction of sp³-hybridized carbons (Fsp3) is 0.222. The maximum absolute atomic E-state index is 11.9. The van der Waals surface area contributed by atoms with Gasteiger partial charge in [0, 0.05) is 0 Å². The minimum absolute atomic E-state index is 0.123. The number of halogens is 1. The fourth-order valence-electron chi connectivity index (χ4n) is 1.94. The minimum atomic E-state index is -0.334. The Balaban J connectivity index is 1.89. The van der Waals surface area contributed by atoms with Crippen molar-refractivity contribution in [2.24, 2.45) is 5.10 Å². The summed E-state index contributed by atoms with van der Waals surface area (Å²) < 4.78 is 16.6. The number of methoxy groups -OCH3 is 2. The predicted molar refractivity (Wildman–Crippen MR) is 105 cm³/mol. The van der Waals surface area contributed by atoms with E-state index in [1.165, 1.54) is 0 Å². The van der Waals surface area contributed by atoms with E-state index < -0.39 is 0 Å². The van der Waals surface area contributed by atoms with Crippen molar-refractivity contribution in [3.05, 3.63) is 51.6 Å². The number of carbonyl (C=O) groups is 1. The van der Waals surface area contributed by atoms with E-state index >= 15 is 0 Å². The topological polar surface area (TPSA) is 69.2 Å². The van der Waals surface area contributed by atoms with Gasteiger partial charge in [-0.3, -0.25) is 4.79 Å². The van der Waals surface area contributed by atoms with Crippen LogP contribution in [-0.4, -0.2) is 32.4 Å². The summed E-state index contributed by atoms with van der Waals surface area (Å²) in [5, 5.41) is 4.09. The number of nitrogens with zero attached hydrogens (tertiary/aromatic N) is 1. The number of hydrogen-bond acceptors (Lipinski definition) is 5. The third kappa shape index (κ3) is 5.63. The molecule has 0 aliphatic carbocycles. The average molecular weight is 454 g/mol. The van der Waals surface area contributed by atoms with Crippen molar-refractivity contribution < 1.29 is 19.0 Å². The molecule has 2 aromatic carbocycles. The highest BCUT2D eigenvalue weighted by atomic mass is 127. The van der Waals surface area contributed by atoms with Crippen molar-refractivity contribution in [1.82, 2.24) is 5.43 Å². The predicted octanol–water partition coefficient (Wildman–Crippen LogP) is 3.23. The van der Waals surface area contributed by atoms with E-state index in [0.717, 1.165) is 20.6 Å². The van der Waals surface area contributed by atoms with Gasteiger partial charge in [0.2, 0.25) is 0 Å². The summed E-state index contributed by atoms with van der Waals surface area (Å²) in [7, 11) is 3.21. The summed E-state index contributed by atoms with van der Waals surface area (Å²) >= 11 is 2.13. The smallest absolute Gasteiger partial charge is 0.277 e. The Kier molecular flexibility index (Phi) is 7.05. The molecule has 1 amide bonds. The molecule has 0 saturated heterocycles. The quantitative estimate of drug-likeness (QED) is 0.397. The van der Waals surface area contributed by atoms with Crippen LogP contribution in [0.5, 0.6) is 17.2 Å². The normalized spacial score (nSPS) is 11.0. The number of hydrazone groups is 1. The summed E-state index contributed by atoms with van der Waals surface area (Å²) in [4.78, 5) is 11.9. The van der Waals surface area contributed by atoms with Crippen LogP contribution in [-0.2, 0) is 4.79 Å². The van der Waals surface area contributed by atoms with E-state index in [2.05, 4.69) is 33.1 Å². The lowest BCUT2D eigenvalue weighted by Gasteiger charge is -2.09. The first-order chi connectivity index (χ1) is 12.0. The van der Waals surface area contributed by atoms with Crippen LogP contribution in [0.25, 0.3) is 0 Å². The van der Waals surface area contributed by atoms with E-state index in [9.17, 15) is 4.79 Å². The number of rotatable bonds is 7. The molecular formula is C18H19IN2O4. The van der Waals surface area contributed by atoms with Crippen molar-refractivity contribution in [1.29, 1.82) is 0 Å². The van der Waals surface area contributed by atoms with Gasteiger partial charge in [-0.1, -0.05) is 0 Å². The second-order valence-corrected chi connectivity index (χ2v) is 6.21. The van der Waals surface area contributed by atoms with Crippen molar-refractivity contribution in [2.45, 2.75) is 6.92 Å². The first-order valence-electron chi connectivity index (χ1n) is 7.47. The first kappa shape index (κ1) is 19.0. The molecule has 2 rings (SSSR count). The molecule has 7 heteroatoms. The van der Waals surface area contributed by atoms with Gasteiger partial charge in [0.25, 0.3) is 5.91 Å². The van der Waals surface area contributed by atoms with Crippen molar-refractivity contribution in [2.75, 3.05) is 20.8 Å². The second-order valence-electron chi connectivity index (χ2n) is 5.05. The molecule has 0 unspecified atom stereocenters. The zero-order valence-electron chi connectivity index (χ0n) is 14.2. The first-order valence-corrected chi connectivity index (χ1v) is 8.55. The standard InChI is InChI=1S/C18H19IN2O4/c1-12(13-4-6-14(23-2)7-5-13)20-21-18(22)11-25-17-9-8-15(24-3)10-16(17)19/h4-10H,11H2,1-3H3,(H,21,22)/b20-12-. The van der Waals surface area contributed by atoms with Crippen LogP contribution in [0.3, 0.4) is 0 Å². The molecule has 6 nitrogen and oxygen atoms in total. The van der Waals surface area contributed by atoms with Gasteiger partial charge in [-0.2, -0.15) is 5.10 Å². The molecular weight excluding hydrogens is 435 g/mol. The molecule has 0 saturated carbocycles. The van der Waals surface area contributed by atoms with Crippen LogP contribution < -0.4 is 19.6 Å². The molecule has 0 aliphatic rings. The van der Waals surface area contributed by atoms with E-state index in [4.69, 9.17) is 14.2 Å². The number of hydrogen-bond donors (Lipinski definition) is 1. The fourth-order valence-corrected chi connectivity index (χ4v) is 2.59. The number of nitrogens with one attached hydrogen (secondary N) is 1. The Labute approximate surface area is 160 Å². The van der Waals surface area contributed by atoms with Gasteiger partial charge < -0.3 is 14.2 Å². The highest BCUT2D eigenvalue weighted by Gasteiger charge is 2.07. The lowest BCUT2D eigenvalue weighted by atomic mass is 10.1. The van der Waals surface area contributed by atoms with Gasteiger partial charge in [-0.05, 0) is 77.5 Å². The molecule has 0 heterocycles. The molecule has 0 radical (unpaired) electrons. The third-order valence-corrected chi connectivity index (χ3v) is 4.20. The second kappa shape index (κ2) is 9.26. The Morgan fingerprint density at radius 1 is 1.08 bits per heavy atom. The summed E-state index contributed by atoms with van der Waals surface area (Å²) in [6.07, 6.45) is 0. The number of ether oxygens (including phenoxy) is 3. The molecule has 25 heavy (non-hydrogen) atoms. The van der Waals surface area contributed by atoms with Gasteiger partial charge in [0.05, 0.1) is 23.5 Å². The van der Waals surface area contributed by atoms with Crippen LogP contribution in [0.2, 0.25) is 0 Å². The molecule has 0 aliphatic heterocycles. The Morgan fingerprint density at radius 2 is 1.72 bits per heavy atom.